The summed E-state index contributed by atoms with van der Waals surface area (Å²) in [5, 5.41) is 9.48. The van der Waals surface area contributed by atoms with Gasteiger partial charge >= 0.3 is 5.97 Å². The number of rotatable bonds is 1. The monoisotopic (exact) mass is 245 g/mol. The molecule has 3 atom stereocenters. The van der Waals surface area contributed by atoms with Crippen molar-refractivity contribution in [2.24, 2.45) is 5.92 Å². The van der Waals surface area contributed by atoms with Crippen LogP contribution in [-0.4, -0.2) is 35.6 Å². The number of fused-ring (bicyclic) bond motifs is 3. The van der Waals surface area contributed by atoms with Gasteiger partial charge in [-0.25, -0.2) is 0 Å². The van der Waals surface area contributed by atoms with Crippen molar-refractivity contribution in [3.8, 4) is 0 Å². The SMILES string of the molecule is CN1CC2C(c3ccccc3C2(C)C)[C@H]1C(=O)O. The predicted octanol–water partition coefficient (Wildman–Crippen LogP) is 2.08. The predicted molar refractivity (Wildman–Crippen MR) is 69.8 cm³/mol. The Kier molecular flexibility index (Phi) is 2.33. The van der Waals surface area contributed by atoms with Gasteiger partial charge in [-0.2, -0.15) is 0 Å². The summed E-state index contributed by atoms with van der Waals surface area (Å²) >= 11 is 0. The van der Waals surface area contributed by atoms with Gasteiger partial charge in [0, 0.05) is 12.5 Å². The normalized spacial score (nSPS) is 33.2. The number of carbonyl (C=O) groups is 1. The van der Waals surface area contributed by atoms with Gasteiger partial charge in [-0.05, 0) is 29.5 Å². The first kappa shape index (κ1) is 11.7. The van der Waals surface area contributed by atoms with Gasteiger partial charge in [-0.1, -0.05) is 38.1 Å². The van der Waals surface area contributed by atoms with Crippen molar-refractivity contribution < 1.29 is 9.90 Å². The topological polar surface area (TPSA) is 40.5 Å². The second kappa shape index (κ2) is 3.58. The summed E-state index contributed by atoms with van der Waals surface area (Å²) in [6, 6.07) is 7.97. The molecule has 0 radical (unpaired) electrons. The van der Waals surface area contributed by atoms with E-state index >= 15 is 0 Å². The molecular weight excluding hydrogens is 226 g/mol. The number of carboxylic acids is 1. The van der Waals surface area contributed by atoms with E-state index in [0.29, 0.717) is 5.92 Å². The van der Waals surface area contributed by atoms with Crippen LogP contribution >= 0.6 is 0 Å². The van der Waals surface area contributed by atoms with E-state index in [1.54, 1.807) is 0 Å². The van der Waals surface area contributed by atoms with Crippen LogP contribution in [0.2, 0.25) is 0 Å². The fraction of sp³-hybridized carbons (Fsp3) is 0.533. The molecule has 2 aliphatic rings. The van der Waals surface area contributed by atoms with Crippen molar-refractivity contribution in [1.29, 1.82) is 0 Å². The van der Waals surface area contributed by atoms with Crippen LogP contribution in [0, 0.1) is 5.92 Å². The molecule has 18 heavy (non-hydrogen) atoms. The zero-order valence-corrected chi connectivity index (χ0v) is 11.1. The summed E-state index contributed by atoms with van der Waals surface area (Å²) in [5.41, 5.74) is 2.64. The Bertz CT molecular complexity index is 509. The quantitative estimate of drug-likeness (QED) is 0.823. The van der Waals surface area contributed by atoms with Crippen molar-refractivity contribution in [1.82, 2.24) is 4.90 Å². The standard InChI is InChI=1S/C15H19NO2/c1-15(2)10-7-5-4-6-9(10)12-11(15)8-16(3)13(12)14(17)18/h4-7,11-13H,8H2,1-3H3,(H,17,18)/t11?,12?,13-/m0/s1. The number of likely N-dealkylation sites (N-methyl/N-ethyl adjacent to an activating group) is 1. The number of hydrogen-bond donors (Lipinski definition) is 1. The highest BCUT2D eigenvalue weighted by Crippen LogP contribution is 2.55. The summed E-state index contributed by atoms with van der Waals surface area (Å²) in [6.07, 6.45) is 0. The van der Waals surface area contributed by atoms with E-state index < -0.39 is 5.97 Å². The smallest absolute Gasteiger partial charge is 0.321 e. The molecule has 1 aliphatic carbocycles. The highest BCUT2D eigenvalue weighted by molar-refractivity contribution is 5.76. The van der Waals surface area contributed by atoms with Gasteiger partial charge in [-0.3, -0.25) is 9.69 Å². The third-order valence-electron chi connectivity index (χ3n) is 4.93. The third kappa shape index (κ3) is 1.31. The Morgan fingerprint density at radius 2 is 2.06 bits per heavy atom. The van der Waals surface area contributed by atoms with Crippen LogP contribution in [0.5, 0.6) is 0 Å². The molecule has 0 bridgehead atoms. The first-order valence-corrected chi connectivity index (χ1v) is 6.47. The van der Waals surface area contributed by atoms with Crippen LogP contribution in [-0.2, 0) is 10.2 Å². The maximum absolute atomic E-state index is 11.5. The number of carboxylic acid groups (broad SMARTS) is 1. The van der Waals surface area contributed by atoms with E-state index in [1.165, 1.54) is 11.1 Å². The van der Waals surface area contributed by atoms with Crippen LogP contribution in [0.3, 0.4) is 0 Å². The number of benzene rings is 1. The van der Waals surface area contributed by atoms with Crippen molar-refractivity contribution in [2.45, 2.75) is 31.2 Å². The molecule has 1 saturated heterocycles. The van der Waals surface area contributed by atoms with E-state index in [9.17, 15) is 9.90 Å². The first-order valence-electron chi connectivity index (χ1n) is 6.47. The molecule has 1 aromatic carbocycles. The Morgan fingerprint density at radius 1 is 1.39 bits per heavy atom. The maximum atomic E-state index is 11.5. The fourth-order valence-electron chi connectivity index (χ4n) is 4.01. The van der Waals surface area contributed by atoms with Gasteiger partial charge in [0.1, 0.15) is 6.04 Å². The Morgan fingerprint density at radius 3 is 2.72 bits per heavy atom. The van der Waals surface area contributed by atoms with E-state index in [-0.39, 0.29) is 17.4 Å². The second-order valence-corrected chi connectivity index (χ2v) is 6.16. The van der Waals surface area contributed by atoms with Crippen LogP contribution in [0.1, 0.15) is 30.9 Å². The average Bonchev–Trinajstić information content (AvgIpc) is 2.75. The molecule has 0 saturated carbocycles. The Balaban J connectivity index is 2.16. The average molecular weight is 245 g/mol. The Hall–Kier alpha value is -1.35. The molecule has 3 nitrogen and oxygen atoms in total. The molecule has 0 aromatic heterocycles. The maximum Gasteiger partial charge on any atom is 0.321 e. The lowest BCUT2D eigenvalue weighted by Gasteiger charge is -2.27. The Labute approximate surface area is 107 Å². The minimum absolute atomic E-state index is 0.0692. The highest BCUT2D eigenvalue weighted by atomic mass is 16.4. The molecule has 1 N–H and O–H groups in total. The summed E-state index contributed by atoms with van der Waals surface area (Å²) < 4.78 is 0. The lowest BCUT2D eigenvalue weighted by molar-refractivity contribution is -0.142. The molecule has 1 fully saturated rings. The van der Waals surface area contributed by atoms with Crippen molar-refractivity contribution >= 4 is 5.97 Å². The largest absolute Gasteiger partial charge is 0.480 e. The van der Waals surface area contributed by atoms with Crippen LogP contribution in [0.25, 0.3) is 0 Å². The summed E-state index contributed by atoms with van der Waals surface area (Å²) in [7, 11) is 1.93. The highest BCUT2D eigenvalue weighted by Gasteiger charge is 2.56. The number of nitrogens with zero attached hydrogens (tertiary/aromatic N) is 1. The molecule has 3 rings (SSSR count). The van der Waals surface area contributed by atoms with Gasteiger partial charge in [0.15, 0.2) is 0 Å². The lowest BCUT2D eigenvalue weighted by Crippen LogP contribution is -2.36. The van der Waals surface area contributed by atoms with Crippen molar-refractivity contribution in [3.05, 3.63) is 35.4 Å². The van der Waals surface area contributed by atoms with E-state index in [2.05, 4.69) is 32.0 Å². The van der Waals surface area contributed by atoms with Gasteiger partial charge < -0.3 is 5.11 Å². The molecule has 2 unspecified atom stereocenters. The van der Waals surface area contributed by atoms with Gasteiger partial charge in [0.2, 0.25) is 0 Å². The molecule has 0 spiro atoms. The van der Waals surface area contributed by atoms with Gasteiger partial charge in [0.25, 0.3) is 0 Å². The second-order valence-electron chi connectivity index (χ2n) is 6.16. The number of likely N-dealkylation sites (tertiary alicyclic amines) is 1. The number of aliphatic carboxylic acids is 1. The van der Waals surface area contributed by atoms with Crippen molar-refractivity contribution in [3.63, 3.8) is 0 Å². The number of hydrogen-bond acceptors (Lipinski definition) is 2. The van der Waals surface area contributed by atoms with Crippen LogP contribution in [0.4, 0.5) is 0 Å². The van der Waals surface area contributed by atoms with Gasteiger partial charge in [0.05, 0.1) is 0 Å². The molecule has 1 heterocycles. The minimum atomic E-state index is -0.697. The molecule has 3 heteroatoms. The summed E-state index contributed by atoms with van der Waals surface area (Å²) in [4.78, 5) is 13.5. The summed E-state index contributed by atoms with van der Waals surface area (Å²) in [6.45, 7) is 5.35. The molecule has 1 aromatic rings. The fourth-order valence-corrected chi connectivity index (χ4v) is 4.01. The summed E-state index contributed by atoms with van der Waals surface area (Å²) in [5.74, 6) is -0.155. The zero-order valence-electron chi connectivity index (χ0n) is 11.1. The molecule has 96 valence electrons. The third-order valence-corrected chi connectivity index (χ3v) is 4.93. The molecular formula is C15H19NO2. The molecule has 0 amide bonds. The van der Waals surface area contributed by atoms with E-state index in [4.69, 9.17) is 0 Å². The van der Waals surface area contributed by atoms with Crippen molar-refractivity contribution in [2.75, 3.05) is 13.6 Å². The van der Waals surface area contributed by atoms with E-state index in [0.717, 1.165) is 6.54 Å². The van der Waals surface area contributed by atoms with Crippen LogP contribution in [0.15, 0.2) is 24.3 Å². The molecule has 1 aliphatic heterocycles. The van der Waals surface area contributed by atoms with E-state index in [1.807, 2.05) is 18.0 Å². The first-order chi connectivity index (χ1) is 8.44. The van der Waals surface area contributed by atoms with Crippen LogP contribution < -0.4 is 0 Å². The zero-order chi connectivity index (χ0) is 13.1. The lowest BCUT2D eigenvalue weighted by atomic mass is 9.76. The minimum Gasteiger partial charge on any atom is -0.480 e. The van der Waals surface area contributed by atoms with Gasteiger partial charge in [-0.15, -0.1) is 0 Å².